The van der Waals surface area contributed by atoms with Crippen LogP contribution in [-0.4, -0.2) is 52.3 Å². The summed E-state index contributed by atoms with van der Waals surface area (Å²) in [6.07, 6.45) is 5.62. The molecular formula is C23H26N4O2S. The Labute approximate surface area is 180 Å². The Hall–Kier alpha value is -2.90. The van der Waals surface area contributed by atoms with Gasteiger partial charge in [0.1, 0.15) is 0 Å². The predicted molar refractivity (Wildman–Crippen MR) is 122 cm³/mol. The molecule has 30 heavy (non-hydrogen) atoms. The highest BCUT2D eigenvalue weighted by Gasteiger charge is 2.21. The lowest BCUT2D eigenvalue weighted by Crippen LogP contribution is -2.49. The van der Waals surface area contributed by atoms with Gasteiger partial charge in [-0.1, -0.05) is 42.0 Å². The first-order valence-corrected chi connectivity index (χ1v) is 10.9. The second-order valence-electron chi connectivity index (χ2n) is 7.59. The van der Waals surface area contributed by atoms with E-state index < -0.39 is 0 Å². The summed E-state index contributed by atoms with van der Waals surface area (Å²) in [6, 6.07) is 13.9. The van der Waals surface area contributed by atoms with Gasteiger partial charge in [0.2, 0.25) is 0 Å². The molecule has 0 aliphatic carbocycles. The number of thiophene rings is 1. The summed E-state index contributed by atoms with van der Waals surface area (Å²) < 4.78 is 1.66. The monoisotopic (exact) mass is 422 g/mol. The maximum Gasteiger partial charge on any atom is 0.293 e. The highest BCUT2D eigenvalue weighted by Crippen LogP contribution is 2.23. The fraction of sp³-hybridized carbons (Fsp3) is 0.304. The number of benzene rings is 1. The fourth-order valence-corrected chi connectivity index (χ4v) is 4.49. The Balaban J connectivity index is 1.37. The minimum Gasteiger partial charge on any atom is -0.499 e. The van der Waals surface area contributed by atoms with Gasteiger partial charge in [0.05, 0.1) is 6.54 Å². The topological polar surface area (TPSA) is 61.6 Å². The molecule has 156 valence electrons. The Bertz CT molecular complexity index is 1070. The van der Waals surface area contributed by atoms with Crippen LogP contribution < -0.4 is 10.5 Å². The number of nitrogens with zero attached hydrogens (tertiary/aromatic N) is 4. The van der Waals surface area contributed by atoms with Crippen molar-refractivity contribution in [3.63, 3.8) is 0 Å². The maximum absolute atomic E-state index is 12.9. The highest BCUT2D eigenvalue weighted by atomic mass is 32.1. The summed E-state index contributed by atoms with van der Waals surface area (Å²) in [5.74, 6) is 0.509. The maximum atomic E-state index is 12.9. The summed E-state index contributed by atoms with van der Waals surface area (Å²) in [5.41, 5.74) is 2.47. The van der Waals surface area contributed by atoms with Crippen molar-refractivity contribution >= 4 is 23.2 Å². The number of hydrogen-bond donors (Lipinski definition) is 1. The molecule has 6 nitrogen and oxygen atoms in total. The predicted octanol–water partition coefficient (Wildman–Crippen LogP) is 3.28. The minimum absolute atomic E-state index is 0.0843. The number of aromatic nitrogens is 2. The van der Waals surface area contributed by atoms with E-state index >= 15 is 0 Å². The summed E-state index contributed by atoms with van der Waals surface area (Å²) in [7, 11) is 0. The van der Waals surface area contributed by atoms with Crippen LogP contribution in [0, 0.1) is 0 Å². The first-order valence-electron chi connectivity index (χ1n) is 10.1. The number of aromatic hydroxyl groups is 1. The van der Waals surface area contributed by atoms with Gasteiger partial charge < -0.3 is 14.6 Å². The van der Waals surface area contributed by atoms with Crippen LogP contribution in [0.1, 0.15) is 17.4 Å². The van der Waals surface area contributed by atoms with E-state index in [0.717, 1.165) is 37.6 Å². The molecule has 2 aromatic heterocycles. The largest absolute Gasteiger partial charge is 0.499 e. The van der Waals surface area contributed by atoms with E-state index in [1.54, 1.807) is 23.0 Å². The molecule has 3 aromatic rings. The molecule has 0 radical (unpaired) electrons. The van der Waals surface area contributed by atoms with Gasteiger partial charge in [0, 0.05) is 50.0 Å². The molecule has 0 atom stereocenters. The summed E-state index contributed by atoms with van der Waals surface area (Å²) in [4.78, 5) is 22.7. The van der Waals surface area contributed by atoms with Gasteiger partial charge in [-0.05, 0) is 24.6 Å². The normalized spacial score (nSPS) is 15.5. The quantitative estimate of drug-likeness (QED) is 0.661. The van der Waals surface area contributed by atoms with Gasteiger partial charge in [-0.2, -0.15) is 0 Å². The standard InChI is InChI=1S/C23H26N4O2S/c1-18(15-19-5-3-2-4-6-19)16-25-11-13-26(14-12-25)22-23(29)27(10-9-24-22)17-20-7-8-21(28)30-20/h2-10,15,28H,11-14,16-17H2,1H3/b18-15+. The number of anilines is 1. The molecule has 1 aliphatic rings. The summed E-state index contributed by atoms with van der Waals surface area (Å²) in [6.45, 7) is 6.90. The first-order chi connectivity index (χ1) is 14.6. The zero-order valence-electron chi connectivity index (χ0n) is 17.1. The van der Waals surface area contributed by atoms with Crippen molar-refractivity contribution in [3.05, 3.63) is 81.2 Å². The third-order valence-electron chi connectivity index (χ3n) is 5.23. The molecule has 1 aromatic carbocycles. The van der Waals surface area contributed by atoms with Crippen LogP contribution in [0.15, 0.2) is 65.2 Å². The molecule has 1 aliphatic heterocycles. The average molecular weight is 423 g/mol. The fourth-order valence-electron chi connectivity index (χ4n) is 3.75. The average Bonchev–Trinajstić information content (AvgIpc) is 3.16. The van der Waals surface area contributed by atoms with Crippen LogP contribution in [0.4, 0.5) is 5.82 Å². The Morgan fingerprint density at radius 1 is 1.13 bits per heavy atom. The van der Waals surface area contributed by atoms with Crippen molar-refractivity contribution in [2.75, 3.05) is 37.6 Å². The Morgan fingerprint density at radius 3 is 2.60 bits per heavy atom. The van der Waals surface area contributed by atoms with Crippen molar-refractivity contribution in [2.45, 2.75) is 13.5 Å². The van der Waals surface area contributed by atoms with Gasteiger partial charge in [0.25, 0.3) is 5.56 Å². The van der Waals surface area contributed by atoms with Crippen LogP contribution in [-0.2, 0) is 6.54 Å². The molecule has 0 amide bonds. The van der Waals surface area contributed by atoms with Crippen molar-refractivity contribution < 1.29 is 5.11 Å². The van der Waals surface area contributed by atoms with Crippen LogP contribution in [0.2, 0.25) is 0 Å². The SMILES string of the molecule is C/C(=C\c1ccccc1)CN1CCN(c2nccn(Cc3ccc(O)s3)c2=O)CC1. The molecule has 0 saturated carbocycles. The van der Waals surface area contributed by atoms with E-state index in [0.29, 0.717) is 12.4 Å². The van der Waals surface area contributed by atoms with Crippen molar-refractivity contribution in [2.24, 2.45) is 0 Å². The van der Waals surface area contributed by atoms with Gasteiger partial charge in [-0.25, -0.2) is 4.98 Å². The third kappa shape index (κ3) is 4.98. The smallest absolute Gasteiger partial charge is 0.293 e. The van der Waals surface area contributed by atoms with Crippen molar-refractivity contribution in [1.29, 1.82) is 0 Å². The van der Waals surface area contributed by atoms with Crippen molar-refractivity contribution in [3.8, 4) is 5.06 Å². The Morgan fingerprint density at radius 2 is 1.90 bits per heavy atom. The first kappa shape index (κ1) is 20.4. The van der Waals surface area contributed by atoms with E-state index in [2.05, 4.69) is 52.0 Å². The zero-order chi connectivity index (χ0) is 20.9. The highest BCUT2D eigenvalue weighted by molar-refractivity contribution is 7.13. The molecule has 0 unspecified atom stereocenters. The van der Waals surface area contributed by atoms with Crippen molar-refractivity contribution in [1.82, 2.24) is 14.5 Å². The molecule has 3 heterocycles. The molecule has 0 bridgehead atoms. The van der Waals surface area contributed by atoms with E-state index in [-0.39, 0.29) is 10.6 Å². The lowest BCUT2D eigenvalue weighted by Gasteiger charge is -2.35. The minimum atomic E-state index is -0.0843. The second kappa shape index (κ2) is 9.28. The summed E-state index contributed by atoms with van der Waals surface area (Å²) >= 11 is 1.29. The van der Waals surface area contributed by atoms with E-state index in [4.69, 9.17) is 0 Å². The number of hydrogen-bond acceptors (Lipinski definition) is 6. The number of piperazine rings is 1. The van der Waals surface area contributed by atoms with Crippen LogP contribution >= 0.6 is 11.3 Å². The molecular weight excluding hydrogens is 396 g/mol. The lowest BCUT2D eigenvalue weighted by molar-refractivity contribution is 0.278. The van der Waals surface area contributed by atoms with E-state index in [9.17, 15) is 9.90 Å². The molecule has 1 N–H and O–H groups in total. The van der Waals surface area contributed by atoms with Gasteiger partial charge >= 0.3 is 0 Å². The Kier molecular flexibility index (Phi) is 6.30. The van der Waals surface area contributed by atoms with E-state index in [1.165, 1.54) is 22.5 Å². The summed E-state index contributed by atoms with van der Waals surface area (Å²) in [5, 5.41) is 9.79. The lowest BCUT2D eigenvalue weighted by atomic mass is 10.1. The number of rotatable bonds is 6. The van der Waals surface area contributed by atoms with Gasteiger partial charge in [-0.3, -0.25) is 9.69 Å². The molecule has 4 rings (SSSR count). The molecule has 1 fully saturated rings. The van der Waals surface area contributed by atoms with Gasteiger partial charge in [0.15, 0.2) is 10.9 Å². The zero-order valence-corrected chi connectivity index (χ0v) is 17.9. The molecule has 0 spiro atoms. The molecule has 7 heteroatoms. The second-order valence-corrected chi connectivity index (χ2v) is 8.74. The van der Waals surface area contributed by atoms with Crippen LogP contribution in [0.5, 0.6) is 5.06 Å². The molecule has 1 saturated heterocycles. The third-order valence-corrected chi connectivity index (χ3v) is 6.10. The van der Waals surface area contributed by atoms with Crippen LogP contribution in [0.25, 0.3) is 6.08 Å². The van der Waals surface area contributed by atoms with Gasteiger partial charge in [-0.15, -0.1) is 11.3 Å². The van der Waals surface area contributed by atoms with E-state index in [1.807, 2.05) is 12.1 Å². The van der Waals surface area contributed by atoms with Crippen LogP contribution in [0.3, 0.4) is 0 Å².